The Morgan fingerprint density at radius 1 is 1.38 bits per heavy atom. The van der Waals surface area contributed by atoms with Gasteiger partial charge in [0.15, 0.2) is 0 Å². The number of aryl methyl sites for hydroxylation is 2. The average Bonchev–Trinajstić information content (AvgIpc) is 2.56. The van der Waals surface area contributed by atoms with Gasteiger partial charge in [-0.05, 0) is 19.1 Å². The van der Waals surface area contributed by atoms with Gasteiger partial charge < -0.3 is 11.1 Å². The van der Waals surface area contributed by atoms with Gasteiger partial charge in [0.05, 0.1) is 17.1 Å². The molecule has 1 aromatic carbocycles. The molecule has 0 atom stereocenters. The lowest BCUT2D eigenvalue weighted by molar-refractivity contribution is 0.756. The molecular formula is C12H16N4. The molecule has 0 bridgehead atoms. The van der Waals surface area contributed by atoms with Crippen molar-refractivity contribution in [1.82, 2.24) is 9.78 Å². The number of aromatic nitrogens is 2. The van der Waals surface area contributed by atoms with Crippen LogP contribution >= 0.6 is 0 Å². The van der Waals surface area contributed by atoms with E-state index in [0.29, 0.717) is 0 Å². The van der Waals surface area contributed by atoms with E-state index >= 15 is 0 Å². The van der Waals surface area contributed by atoms with Crippen LogP contribution in [0.5, 0.6) is 0 Å². The molecule has 4 nitrogen and oxygen atoms in total. The Morgan fingerprint density at radius 3 is 2.75 bits per heavy atom. The molecule has 3 N–H and O–H groups in total. The molecule has 2 aromatic rings. The number of anilines is 2. The number of nitrogens with two attached hydrogens (primary N) is 1. The molecule has 0 saturated carbocycles. The van der Waals surface area contributed by atoms with Crippen molar-refractivity contribution in [3.8, 4) is 0 Å². The summed E-state index contributed by atoms with van der Waals surface area (Å²) < 4.78 is 1.82. The van der Waals surface area contributed by atoms with E-state index in [9.17, 15) is 0 Å². The third kappa shape index (κ3) is 2.16. The lowest BCUT2D eigenvalue weighted by Gasteiger charge is -2.07. The second kappa shape index (κ2) is 4.26. The third-order valence-corrected chi connectivity index (χ3v) is 2.55. The van der Waals surface area contributed by atoms with Crippen molar-refractivity contribution in [2.24, 2.45) is 7.05 Å². The molecule has 0 spiro atoms. The highest BCUT2D eigenvalue weighted by Crippen LogP contribution is 2.18. The quantitative estimate of drug-likeness (QED) is 0.771. The molecule has 0 aliphatic heterocycles. The number of nitrogens with zero attached hydrogens (tertiary/aromatic N) is 2. The standard InChI is InChI=1S/C12H16N4/c1-9-10(8-16(2)15-9)7-14-12-6-4-3-5-11(12)13/h3-6,8,14H,7,13H2,1-2H3. The number of para-hydroxylation sites is 2. The highest BCUT2D eigenvalue weighted by Gasteiger charge is 2.03. The van der Waals surface area contributed by atoms with Crippen LogP contribution < -0.4 is 11.1 Å². The van der Waals surface area contributed by atoms with E-state index in [1.165, 1.54) is 5.56 Å². The van der Waals surface area contributed by atoms with Crippen LogP contribution in [0.4, 0.5) is 11.4 Å². The molecular weight excluding hydrogens is 200 g/mol. The first-order valence-electron chi connectivity index (χ1n) is 5.24. The fraction of sp³-hybridized carbons (Fsp3) is 0.250. The Morgan fingerprint density at radius 2 is 2.12 bits per heavy atom. The third-order valence-electron chi connectivity index (χ3n) is 2.55. The van der Waals surface area contributed by atoms with Crippen molar-refractivity contribution in [3.05, 3.63) is 41.7 Å². The summed E-state index contributed by atoms with van der Waals surface area (Å²) in [5.41, 5.74) is 9.81. The zero-order chi connectivity index (χ0) is 11.5. The minimum absolute atomic E-state index is 0.744. The Hall–Kier alpha value is -1.97. The van der Waals surface area contributed by atoms with Gasteiger partial charge in [0.2, 0.25) is 0 Å². The van der Waals surface area contributed by atoms with Crippen LogP contribution in [-0.2, 0) is 13.6 Å². The molecule has 0 unspecified atom stereocenters. The summed E-state index contributed by atoms with van der Waals surface area (Å²) in [5, 5.41) is 7.60. The molecule has 4 heteroatoms. The summed E-state index contributed by atoms with van der Waals surface area (Å²) in [5.74, 6) is 0. The van der Waals surface area contributed by atoms with Crippen LogP contribution in [0.3, 0.4) is 0 Å². The number of nitrogens with one attached hydrogen (secondary N) is 1. The minimum Gasteiger partial charge on any atom is -0.397 e. The first kappa shape index (κ1) is 10.5. The van der Waals surface area contributed by atoms with E-state index in [-0.39, 0.29) is 0 Å². The topological polar surface area (TPSA) is 55.9 Å². The summed E-state index contributed by atoms with van der Waals surface area (Å²) in [7, 11) is 1.92. The monoisotopic (exact) mass is 216 g/mol. The number of rotatable bonds is 3. The maximum Gasteiger partial charge on any atom is 0.0643 e. The van der Waals surface area contributed by atoms with Crippen LogP contribution in [0, 0.1) is 6.92 Å². The average molecular weight is 216 g/mol. The van der Waals surface area contributed by atoms with E-state index in [1.807, 2.05) is 49.1 Å². The minimum atomic E-state index is 0.744. The number of hydrogen-bond donors (Lipinski definition) is 2. The van der Waals surface area contributed by atoms with Gasteiger partial charge >= 0.3 is 0 Å². The second-order valence-electron chi connectivity index (χ2n) is 3.85. The van der Waals surface area contributed by atoms with Crippen LogP contribution in [-0.4, -0.2) is 9.78 Å². The molecule has 0 fully saturated rings. The van der Waals surface area contributed by atoms with E-state index in [4.69, 9.17) is 5.73 Å². The zero-order valence-electron chi connectivity index (χ0n) is 9.57. The van der Waals surface area contributed by atoms with Crippen LogP contribution in [0.15, 0.2) is 30.5 Å². The van der Waals surface area contributed by atoms with Gasteiger partial charge in [-0.3, -0.25) is 4.68 Å². The van der Waals surface area contributed by atoms with Gasteiger partial charge in [-0.2, -0.15) is 5.10 Å². The van der Waals surface area contributed by atoms with Crippen molar-refractivity contribution < 1.29 is 0 Å². The van der Waals surface area contributed by atoms with Crippen LogP contribution in [0.1, 0.15) is 11.3 Å². The number of nitrogen functional groups attached to an aromatic ring is 1. The van der Waals surface area contributed by atoms with Crippen LogP contribution in [0.2, 0.25) is 0 Å². The van der Waals surface area contributed by atoms with Gasteiger partial charge in [0.25, 0.3) is 0 Å². The molecule has 2 rings (SSSR count). The summed E-state index contributed by atoms with van der Waals surface area (Å²) >= 11 is 0. The summed E-state index contributed by atoms with van der Waals surface area (Å²) in [6, 6.07) is 7.75. The van der Waals surface area contributed by atoms with Crippen molar-refractivity contribution in [1.29, 1.82) is 0 Å². The molecule has 1 aromatic heterocycles. The summed E-state index contributed by atoms with van der Waals surface area (Å²) in [4.78, 5) is 0. The molecule has 0 amide bonds. The lowest BCUT2D eigenvalue weighted by Crippen LogP contribution is -2.02. The SMILES string of the molecule is Cc1nn(C)cc1CNc1ccccc1N. The molecule has 0 radical (unpaired) electrons. The maximum absolute atomic E-state index is 5.84. The molecule has 84 valence electrons. The Balaban J connectivity index is 2.08. The van der Waals surface area contributed by atoms with Crippen molar-refractivity contribution in [2.75, 3.05) is 11.1 Å². The van der Waals surface area contributed by atoms with Crippen molar-refractivity contribution in [2.45, 2.75) is 13.5 Å². The Bertz CT molecular complexity index is 488. The Kier molecular flexibility index (Phi) is 2.81. The van der Waals surface area contributed by atoms with Gasteiger partial charge in [-0.1, -0.05) is 12.1 Å². The number of benzene rings is 1. The largest absolute Gasteiger partial charge is 0.397 e. The van der Waals surface area contributed by atoms with Crippen molar-refractivity contribution >= 4 is 11.4 Å². The predicted molar refractivity (Wildman–Crippen MR) is 66.1 cm³/mol. The summed E-state index contributed by atoms with van der Waals surface area (Å²) in [6.45, 7) is 2.75. The highest BCUT2D eigenvalue weighted by molar-refractivity contribution is 5.65. The highest BCUT2D eigenvalue weighted by atomic mass is 15.2. The lowest BCUT2D eigenvalue weighted by atomic mass is 10.2. The Labute approximate surface area is 95.1 Å². The van der Waals surface area contributed by atoms with Crippen molar-refractivity contribution in [3.63, 3.8) is 0 Å². The second-order valence-corrected chi connectivity index (χ2v) is 3.85. The number of hydrogen-bond acceptors (Lipinski definition) is 3. The van der Waals surface area contributed by atoms with E-state index in [2.05, 4.69) is 10.4 Å². The van der Waals surface area contributed by atoms with Gasteiger partial charge in [0.1, 0.15) is 0 Å². The van der Waals surface area contributed by atoms with E-state index in [1.54, 1.807) is 0 Å². The van der Waals surface area contributed by atoms with Crippen LogP contribution in [0.25, 0.3) is 0 Å². The van der Waals surface area contributed by atoms with Gasteiger partial charge in [-0.15, -0.1) is 0 Å². The molecule has 0 saturated heterocycles. The van der Waals surface area contributed by atoms with E-state index < -0.39 is 0 Å². The van der Waals surface area contributed by atoms with Gasteiger partial charge in [-0.25, -0.2) is 0 Å². The van der Waals surface area contributed by atoms with E-state index in [0.717, 1.165) is 23.6 Å². The summed E-state index contributed by atoms with van der Waals surface area (Å²) in [6.07, 6.45) is 2.02. The molecule has 0 aliphatic carbocycles. The van der Waals surface area contributed by atoms with Gasteiger partial charge in [0, 0.05) is 25.4 Å². The normalized spacial score (nSPS) is 10.4. The first-order chi connectivity index (χ1) is 7.66. The zero-order valence-corrected chi connectivity index (χ0v) is 9.57. The molecule has 16 heavy (non-hydrogen) atoms. The fourth-order valence-corrected chi connectivity index (χ4v) is 1.67. The predicted octanol–water partition coefficient (Wildman–Crippen LogP) is 1.92. The fourth-order valence-electron chi connectivity index (χ4n) is 1.67. The maximum atomic E-state index is 5.84. The first-order valence-corrected chi connectivity index (χ1v) is 5.24. The smallest absolute Gasteiger partial charge is 0.0643 e. The molecule has 1 heterocycles. The molecule has 0 aliphatic rings.